The number of aromatic nitrogens is 2. The number of hydrogen-bond acceptors (Lipinski definition) is 3. The Bertz CT molecular complexity index is 340. The van der Waals surface area contributed by atoms with Crippen molar-refractivity contribution < 1.29 is 4.74 Å². The first-order valence-corrected chi connectivity index (χ1v) is 5.64. The van der Waals surface area contributed by atoms with Crippen LogP contribution in [0.3, 0.4) is 0 Å². The minimum absolute atomic E-state index is 0.329. The zero-order chi connectivity index (χ0) is 10.8. The molecule has 1 aromatic rings. The minimum atomic E-state index is 0.329. The highest BCUT2D eigenvalue weighted by molar-refractivity contribution is 5.52. The molecule has 0 spiro atoms. The third-order valence-electron chi connectivity index (χ3n) is 3.04. The Morgan fingerprint density at radius 3 is 2.53 bits per heavy atom. The molecule has 0 aliphatic heterocycles. The van der Waals surface area contributed by atoms with Crippen LogP contribution in [0.5, 0.6) is 5.88 Å². The van der Waals surface area contributed by atoms with Gasteiger partial charge in [0.15, 0.2) is 0 Å². The van der Waals surface area contributed by atoms with Crippen LogP contribution in [0.1, 0.15) is 37.8 Å². The van der Waals surface area contributed by atoms with Crippen LogP contribution in [-0.2, 0) is 7.05 Å². The average molecular weight is 209 g/mol. The van der Waals surface area contributed by atoms with Crippen LogP contribution in [0.2, 0.25) is 0 Å². The second-order valence-corrected chi connectivity index (χ2v) is 4.31. The molecule has 1 aliphatic rings. The number of anilines is 1. The van der Waals surface area contributed by atoms with Crippen LogP contribution in [0.15, 0.2) is 0 Å². The third-order valence-corrected chi connectivity index (χ3v) is 3.04. The van der Waals surface area contributed by atoms with Gasteiger partial charge in [-0.25, -0.2) is 4.68 Å². The highest BCUT2D eigenvalue weighted by Crippen LogP contribution is 2.28. The van der Waals surface area contributed by atoms with Crippen molar-refractivity contribution in [2.75, 3.05) is 5.73 Å². The number of nitrogen functional groups attached to an aromatic ring is 1. The Morgan fingerprint density at radius 1 is 1.33 bits per heavy atom. The lowest BCUT2D eigenvalue weighted by Gasteiger charge is -2.22. The maximum Gasteiger partial charge on any atom is 0.236 e. The monoisotopic (exact) mass is 209 g/mol. The van der Waals surface area contributed by atoms with Gasteiger partial charge in [-0.15, -0.1) is 0 Å². The van der Waals surface area contributed by atoms with Gasteiger partial charge in [-0.05, 0) is 32.6 Å². The van der Waals surface area contributed by atoms with Crippen molar-refractivity contribution in [2.45, 2.75) is 45.1 Å². The first-order valence-electron chi connectivity index (χ1n) is 5.64. The third kappa shape index (κ3) is 2.08. The zero-order valence-corrected chi connectivity index (χ0v) is 9.49. The first-order chi connectivity index (χ1) is 7.18. The van der Waals surface area contributed by atoms with Crippen LogP contribution in [-0.4, -0.2) is 15.9 Å². The molecule has 2 N–H and O–H groups in total. The van der Waals surface area contributed by atoms with Crippen molar-refractivity contribution >= 4 is 5.69 Å². The van der Waals surface area contributed by atoms with E-state index in [0.717, 1.165) is 24.4 Å². The Hall–Kier alpha value is -1.19. The molecule has 2 rings (SSSR count). The summed E-state index contributed by atoms with van der Waals surface area (Å²) >= 11 is 0. The van der Waals surface area contributed by atoms with Crippen LogP contribution >= 0.6 is 0 Å². The second kappa shape index (κ2) is 4.13. The molecule has 4 nitrogen and oxygen atoms in total. The predicted octanol–water partition coefficient (Wildman–Crippen LogP) is 2.02. The average Bonchev–Trinajstić information content (AvgIpc) is 2.47. The number of nitrogens with two attached hydrogens (primary N) is 1. The fourth-order valence-electron chi connectivity index (χ4n) is 2.13. The molecule has 0 bridgehead atoms. The number of ether oxygens (including phenoxy) is 1. The van der Waals surface area contributed by atoms with Crippen molar-refractivity contribution in [3.05, 3.63) is 5.69 Å². The minimum Gasteiger partial charge on any atom is -0.473 e. The van der Waals surface area contributed by atoms with E-state index >= 15 is 0 Å². The molecule has 15 heavy (non-hydrogen) atoms. The lowest BCUT2D eigenvalue weighted by atomic mass is 9.98. The van der Waals surface area contributed by atoms with Gasteiger partial charge in [-0.3, -0.25) is 0 Å². The molecular weight excluding hydrogens is 190 g/mol. The van der Waals surface area contributed by atoms with Crippen molar-refractivity contribution in [3.63, 3.8) is 0 Å². The Labute approximate surface area is 90.4 Å². The van der Waals surface area contributed by atoms with E-state index in [2.05, 4.69) is 5.10 Å². The van der Waals surface area contributed by atoms with E-state index < -0.39 is 0 Å². The van der Waals surface area contributed by atoms with Gasteiger partial charge in [0.25, 0.3) is 0 Å². The molecule has 4 heteroatoms. The molecule has 0 unspecified atom stereocenters. The summed E-state index contributed by atoms with van der Waals surface area (Å²) in [6.45, 7) is 1.91. The van der Waals surface area contributed by atoms with Gasteiger partial charge in [-0.1, -0.05) is 6.42 Å². The zero-order valence-electron chi connectivity index (χ0n) is 9.49. The molecule has 0 radical (unpaired) electrons. The molecule has 0 atom stereocenters. The quantitative estimate of drug-likeness (QED) is 0.810. The molecule has 1 heterocycles. The van der Waals surface area contributed by atoms with Gasteiger partial charge in [0, 0.05) is 7.05 Å². The van der Waals surface area contributed by atoms with E-state index in [9.17, 15) is 0 Å². The summed E-state index contributed by atoms with van der Waals surface area (Å²) in [6, 6.07) is 0. The number of hydrogen-bond donors (Lipinski definition) is 1. The predicted molar refractivity (Wildman–Crippen MR) is 59.9 cm³/mol. The molecular formula is C11H19N3O. The summed E-state index contributed by atoms with van der Waals surface area (Å²) < 4.78 is 7.65. The van der Waals surface area contributed by atoms with Gasteiger partial charge < -0.3 is 10.5 Å². The summed E-state index contributed by atoms with van der Waals surface area (Å²) in [4.78, 5) is 0. The summed E-state index contributed by atoms with van der Waals surface area (Å²) in [7, 11) is 1.88. The maximum atomic E-state index is 5.91. The van der Waals surface area contributed by atoms with Crippen LogP contribution in [0.25, 0.3) is 0 Å². The van der Waals surface area contributed by atoms with Gasteiger partial charge in [-0.2, -0.15) is 5.10 Å². The SMILES string of the molecule is Cc1nn(C)c(OC2CCCCC2)c1N. The molecule has 84 valence electrons. The van der Waals surface area contributed by atoms with E-state index in [1.54, 1.807) is 4.68 Å². The van der Waals surface area contributed by atoms with E-state index in [4.69, 9.17) is 10.5 Å². The Kier molecular flexibility index (Phi) is 2.84. The van der Waals surface area contributed by atoms with E-state index in [-0.39, 0.29) is 0 Å². The van der Waals surface area contributed by atoms with E-state index in [1.165, 1.54) is 19.3 Å². The van der Waals surface area contributed by atoms with Gasteiger partial charge in [0.05, 0.1) is 5.69 Å². The van der Waals surface area contributed by atoms with Crippen molar-refractivity contribution in [3.8, 4) is 5.88 Å². The molecule has 1 aromatic heterocycles. The van der Waals surface area contributed by atoms with Crippen LogP contribution in [0.4, 0.5) is 5.69 Å². The Balaban J connectivity index is 2.09. The largest absolute Gasteiger partial charge is 0.473 e. The lowest BCUT2D eigenvalue weighted by molar-refractivity contribution is 0.143. The number of nitrogens with zero attached hydrogens (tertiary/aromatic N) is 2. The van der Waals surface area contributed by atoms with Crippen LogP contribution < -0.4 is 10.5 Å². The number of rotatable bonds is 2. The summed E-state index contributed by atoms with van der Waals surface area (Å²) in [5.41, 5.74) is 7.45. The fraction of sp³-hybridized carbons (Fsp3) is 0.727. The molecule has 1 aliphatic carbocycles. The molecule has 1 fully saturated rings. The van der Waals surface area contributed by atoms with Gasteiger partial charge in [0.1, 0.15) is 11.8 Å². The van der Waals surface area contributed by atoms with E-state index in [1.807, 2.05) is 14.0 Å². The Morgan fingerprint density at radius 2 is 2.00 bits per heavy atom. The molecule has 0 aromatic carbocycles. The van der Waals surface area contributed by atoms with Crippen molar-refractivity contribution in [1.29, 1.82) is 0 Å². The summed E-state index contributed by atoms with van der Waals surface area (Å²) in [5.74, 6) is 0.736. The summed E-state index contributed by atoms with van der Waals surface area (Å²) in [5, 5.41) is 4.24. The maximum absolute atomic E-state index is 5.91. The normalized spacial score (nSPS) is 18.0. The molecule has 1 saturated carbocycles. The molecule has 0 amide bonds. The van der Waals surface area contributed by atoms with E-state index in [0.29, 0.717) is 11.8 Å². The smallest absolute Gasteiger partial charge is 0.236 e. The van der Waals surface area contributed by atoms with Gasteiger partial charge >= 0.3 is 0 Å². The summed E-state index contributed by atoms with van der Waals surface area (Å²) in [6.07, 6.45) is 6.48. The van der Waals surface area contributed by atoms with Gasteiger partial charge in [0.2, 0.25) is 5.88 Å². The fourth-order valence-corrected chi connectivity index (χ4v) is 2.13. The highest BCUT2D eigenvalue weighted by atomic mass is 16.5. The first kappa shape index (κ1) is 10.3. The van der Waals surface area contributed by atoms with Crippen LogP contribution in [0, 0.1) is 6.92 Å². The lowest BCUT2D eigenvalue weighted by Crippen LogP contribution is -2.21. The highest BCUT2D eigenvalue weighted by Gasteiger charge is 2.19. The molecule has 0 saturated heterocycles. The van der Waals surface area contributed by atoms with Crippen molar-refractivity contribution in [2.24, 2.45) is 7.05 Å². The number of aryl methyl sites for hydroxylation is 2. The second-order valence-electron chi connectivity index (χ2n) is 4.31. The van der Waals surface area contributed by atoms with Crippen molar-refractivity contribution in [1.82, 2.24) is 9.78 Å². The standard InChI is InChI=1S/C11H19N3O/c1-8-10(12)11(14(2)13-8)15-9-6-4-3-5-7-9/h9H,3-7,12H2,1-2H3. The topological polar surface area (TPSA) is 53.1 Å².